The van der Waals surface area contributed by atoms with Crippen LogP contribution in [0.25, 0.3) is 0 Å². The Balaban J connectivity index is 1.43. The van der Waals surface area contributed by atoms with Crippen LogP contribution in [0.15, 0.2) is 36.5 Å². The first kappa shape index (κ1) is 19.4. The van der Waals surface area contributed by atoms with Crippen LogP contribution < -0.4 is 4.62 Å². The van der Waals surface area contributed by atoms with Crippen molar-refractivity contribution >= 4 is 7.94 Å². The van der Waals surface area contributed by atoms with Crippen molar-refractivity contribution in [2.75, 3.05) is 39.3 Å². The van der Waals surface area contributed by atoms with Gasteiger partial charge in [-0.05, 0) is 0 Å². The molecular formula is C21H33N6OP. The molecule has 0 radical (unpaired) electrons. The molecule has 1 aromatic heterocycles. The van der Waals surface area contributed by atoms with Gasteiger partial charge >= 0.3 is 174 Å². The molecule has 0 amide bonds. The Morgan fingerprint density at radius 2 is 1.28 bits per heavy atom. The van der Waals surface area contributed by atoms with Crippen molar-refractivity contribution in [3.63, 3.8) is 0 Å². The molecule has 0 spiro atoms. The van der Waals surface area contributed by atoms with E-state index in [0.29, 0.717) is 0 Å². The van der Waals surface area contributed by atoms with Crippen molar-refractivity contribution < 1.29 is 4.62 Å². The molecule has 8 heteroatoms. The van der Waals surface area contributed by atoms with Crippen LogP contribution in [0.1, 0.15) is 49.8 Å². The number of rotatable bonds is 7. The Bertz CT molecular complexity index is 741. The summed E-state index contributed by atoms with van der Waals surface area (Å²) in [6, 6.07) is 10.5. The maximum atomic E-state index is 6.93. The van der Waals surface area contributed by atoms with Crippen molar-refractivity contribution in [1.29, 1.82) is 0 Å². The second-order valence-electron chi connectivity index (χ2n) is 8.52. The molecule has 0 aliphatic carbocycles. The minimum atomic E-state index is -2.46. The molecule has 3 aliphatic rings. The molecule has 2 aromatic rings. The van der Waals surface area contributed by atoms with E-state index >= 15 is 0 Å². The summed E-state index contributed by atoms with van der Waals surface area (Å²) in [5, 5.41) is 8.84. The summed E-state index contributed by atoms with van der Waals surface area (Å²) in [5.41, 5.74) is 2.21. The zero-order valence-corrected chi connectivity index (χ0v) is 18.2. The molecule has 0 atom stereocenters. The average Bonchev–Trinajstić information content (AvgIpc) is 3.56. The first-order chi connectivity index (χ1) is 14.3. The number of hydrogen-bond acceptors (Lipinski definition) is 6. The molecule has 4 heterocycles. The summed E-state index contributed by atoms with van der Waals surface area (Å²) in [6.07, 6.45) is 10.4. The van der Waals surface area contributed by atoms with Crippen molar-refractivity contribution in [3.05, 3.63) is 47.8 Å². The van der Waals surface area contributed by atoms with Crippen LogP contribution in [0.2, 0.25) is 0 Å². The van der Waals surface area contributed by atoms with Crippen LogP contribution in [0.4, 0.5) is 0 Å². The summed E-state index contributed by atoms with van der Waals surface area (Å²) in [4.78, 5) is 1.69. The van der Waals surface area contributed by atoms with Gasteiger partial charge in [0.2, 0.25) is 0 Å². The molecule has 3 fully saturated rings. The van der Waals surface area contributed by atoms with Crippen LogP contribution in [0.3, 0.4) is 0 Å². The van der Waals surface area contributed by atoms with Crippen molar-refractivity contribution in [3.8, 4) is 0 Å². The van der Waals surface area contributed by atoms with E-state index in [0.717, 1.165) is 51.4 Å². The fraction of sp³-hybridized carbons (Fsp3) is 0.619. The summed E-state index contributed by atoms with van der Waals surface area (Å²) in [7, 11) is -2.46. The van der Waals surface area contributed by atoms with Crippen LogP contribution in [0.5, 0.6) is 0 Å². The van der Waals surface area contributed by atoms with Gasteiger partial charge in [0.05, 0.1) is 0 Å². The third-order valence-electron chi connectivity index (χ3n) is 6.52. The van der Waals surface area contributed by atoms with E-state index in [-0.39, 0.29) is 0 Å². The summed E-state index contributed by atoms with van der Waals surface area (Å²) in [5.74, 6) is 0. The SMILES string of the molecule is c1ccc(Cc2cn(O[PH](N3CCCC3)(N3CCCC3)N3CCCC3)nn2)cc1. The van der Waals surface area contributed by atoms with Gasteiger partial charge < -0.3 is 0 Å². The van der Waals surface area contributed by atoms with Crippen LogP contribution >= 0.6 is 7.94 Å². The summed E-state index contributed by atoms with van der Waals surface area (Å²) < 4.78 is 15.0. The van der Waals surface area contributed by atoms with Gasteiger partial charge in [-0.25, -0.2) is 0 Å². The van der Waals surface area contributed by atoms with Gasteiger partial charge in [-0.2, -0.15) is 0 Å². The molecule has 0 N–H and O–H groups in total. The van der Waals surface area contributed by atoms with Gasteiger partial charge in [0.25, 0.3) is 0 Å². The molecule has 3 saturated heterocycles. The standard InChI is InChI=1S/C21H33N6OP/c1-2-10-20(11-3-1)18-21-19-27(23-22-21)28-29(24-12-4-5-13-24,25-14-6-7-15-25)26-16-8-9-17-26/h1-3,10-11,19,29H,4-9,12-18H2. The first-order valence-electron chi connectivity index (χ1n) is 11.2. The average molecular weight is 417 g/mol. The quantitative estimate of drug-likeness (QED) is 0.647. The van der Waals surface area contributed by atoms with Crippen LogP contribution in [-0.2, 0) is 6.42 Å². The van der Waals surface area contributed by atoms with Gasteiger partial charge in [-0.15, -0.1) is 0 Å². The molecule has 1 aromatic carbocycles. The Hall–Kier alpha value is -1.53. The van der Waals surface area contributed by atoms with Crippen molar-refractivity contribution in [1.82, 2.24) is 29.2 Å². The van der Waals surface area contributed by atoms with E-state index in [4.69, 9.17) is 4.62 Å². The van der Waals surface area contributed by atoms with Crippen molar-refractivity contribution in [2.45, 2.75) is 44.9 Å². The normalized spacial score (nSPS) is 22.5. The Labute approximate surface area is 174 Å². The number of nitrogens with zero attached hydrogens (tertiary/aromatic N) is 6. The minimum absolute atomic E-state index is 0.788. The Morgan fingerprint density at radius 1 is 0.759 bits per heavy atom. The van der Waals surface area contributed by atoms with Gasteiger partial charge in [0.15, 0.2) is 0 Å². The molecule has 5 rings (SSSR count). The van der Waals surface area contributed by atoms with Gasteiger partial charge in [-0.1, -0.05) is 0 Å². The molecule has 0 bridgehead atoms. The van der Waals surface area contributed by atoms with Gasteiger partial charge in [0.1, 0.15) is 0 Å². The summed E-state index contributed by atoms with van der Waals surface area (Å²) in [6.45, 7) is 6.86. The molecule has 29 heavy (non-hydrogen) atoms. The Kier molecular flexibility index (Phi) is 5.82. The van der Waals surface area contributed by atoms with E-state index in [1.54, 1.807) is 4.85 Å². The van der Waals surface area contributed by atoms with Gasteiger partial charge in [-0.3, -0.25) is 0 Å². The molecule has 3 aliphatic heterocycles. The molecule has 7 nitrogen and oxygen atoms in total. The third kappa shape index (κ3) is 3.93. The molecule has 158 valence electrons. The summed E-state index contributed by atoms with van der Waals surface area (Å²) >= 11 is 0. The predicted molar refractivity (Wildman–Crippen MR) is 117 cm³/mol. The molecule has 0 unspecified atom stereocenters. The topological polar surface area (TPSA) is 49.7 Å². The zero-order valence-electron chi connectivity index (χ0n) is 17.2. The van der Waals surface area contributed by atoms with Gasteiger partial charge in [0, 0.05) is 0 Å². The van der Waals surface area contributed by atoms with Crippen molar-refractivity contribution in [2.24, 2.45) is 0 Å². The predicted octanol–water partition coefficient (Wildman–Crippen LogP) is 2.99. The van der Waals surface area contributed by atoms with E-state index in [2.05, 4.69) is 48.6 Å². The van der Waals surface area contributed by atoms with E-state index < -0.39 is 7.94 Å². The van der Waals surface area contributed by atoms with E-state index in [9.17, 15) is 0 Å². The monoisotopic (exact) mass is 416 g/mol. The van der Waals surface area contributed by atoms with E-state index in [1.807, 2.05) is 12.3 Å². The second kappa shape index (κ2) is 8.68. The van der Waals surface area contributed by atoms with Crippen LogP contribution in [-0.4, -0.2) is 68.4 Å². The number of aromatic nitrogens is 3. The van der Waals surface area contributed by atoms with E-state index in [1.165, 1.54) is 44.1 Å². The fourth-order valence-corrected chi connectivity index (χ4v) is 9.72. The zero-order chi connectivity index (χ0) is 19.5. The molecule has 0 saturated carbocycles. The Morgan fingerprint density at radius 3 is 1.79 bits per heavy atom. The fourth-order valence-electron chi connectivity index (χ4n) is 5.14. The van der Waals surface area contributed by atoms with Crippen LogP contribution in [0, 0.1) is 0 Å². The second-order valence-corrected chi connectivity index (χ2v) is 11.8. The number of benzene rings is 1. The molecular weight excluding hydrogens is 383 g/mol. The maximum absolute atomic E-state index is 6.93. The third-order valence-corrected chi connectivity index (χ3v) is 10.8. The first-order valence-corrected chi connectivity index (χ1v) is 13.0. The number of hydrogen-bond donors (Lipinski definition) is 0.